The van der Waals surface area contributed by atoms with E-state index in [9.17, 15) is 13.6 Å². The van der Waals surface area contributed by atoms with Crippen molar-refractivity contribution in [2.24, 2.45) is 0 Å². The molecule has 1 aromatic carbocycles. The topological polar surface area (TPSA) is 38.3 Å². The molecular formula is C14H17F2NO2. The van der Waals surface area contributed by atoms with Crippen LogP contribution in [0.1, 0.15) is 32.4 Å². The SMILES string of the molecule is C=CC(NC(=O)OC(C)(C)C)c1c(F)cccc1F. The number of carbonyl (C=O) groups excluding carboxylic acids is 1. The summed E-state index contributed by atoms with van der Waals surface area (Å²) in [5, 5.41) is 2.36. The summed E-state index contributed by atoms with van der Waals surface area (Å²) in [4.78, 5) is 11.6. The Morgan fingerprint density at radius 3 is 2.32 bits per heavy atom. The monoisotopic (exact) mass is 269 g/mol. The summed E-state index contributed by atoms with van der Waals surface area (Å²) in [6, 6.07) is 2.50. The molecule has 0 saturated carbocycles. The van der Waals surface area contributed by atoms with Gasteiger partial charge in [-0.3, -0.25) is 0 Å². The van der Waals surface area contributed by atoms with Crippen LogP contribution in [0.15, 0.2) is 30.9 Å². The van der Waals surface area contributed by atoms with Gasteiger partial charge in [0.2, 0.25) is 0 Å². The average Bonchev–Trinajstić information content (AvgIpc) is 2.24. The van der Waals surface area contributed by atoms with E-state index in [1.165, 1.54) is 12.1 Å². The third-order valence-electron chi connectivity index (χ3n) is 2.22. The molecule has 1 rings (SSSR count). The molecule has 5 heteroatoms. The Morgan fingerprint density at radius 1 is 1.37 bits per heavy atom. The summed E-state index contributed by atoms with van der Waals surface area (Å²) in [7, 11) is 0. The zero-order valence-corrected chi connectivity index (χ0v) is 11.2. The Hall–Kier alpha value is -1.91. The first-order valence-corrected chi connectivity index (χ1v) is 5.80. The van der Waals surface area contributed by atoms with Gasteiger partial charge in [0.05, 0.1) is 6.04 Å². The van der Waals surface area contributed by atoms with Gasteiger partial charge in [0.25, 0.3) is 0 Å². The largest absolute Gasteiger partial charge is 0.444 e. The van der Waals surface area contributed by atoms with E-state index in [-0.39, 0.29) is 5.56 Å². The molecule has 1 N–H and O–H groups in total. The van der Waals surface area contributed by atoms with Crippen LogP contribution >= 0.6 is 0 Å². The molecule has 0 heterocycles. The van der Waals surface area contributed by atoms with Gasteiger partial charge < -0.3 is 10.1 Å². The Morgan fingerprint density at radius 2 is 1.89 bits per heavy atom. The Bertz CT molecular complexity index is 461. The van der Waals surface area contributed by atoms with Crippen molar-refractivity contribution in [3.8, 4) is 0 Å². The van der Waals surface area contributed by atoms with Gasteiger partial charge in [-0.25, -0.2) is 13.6 Å². The van der Waals surface area contributed by atoms with Crippen molar-refractivity contribution < 1.29 is 18.3 Å². The van der Waals surface area contributed by atoms with Crippen molar-refractivity contribution in [1.82, 2.24) is 5.32 Å². The van der Waals surface area contributed by atoms with Crippen molar-refractivity contribution in [1.29, 1.82) is 0 Å². The Labute approximate surface area is 111 Å². The third-order valence-corrected chi connectivity index (χ3v) is 2.22. The number of hydrogen-bond acceptors (Lipinski definition) is 2. The first kappa shape index (κ1) is 15.1. The van der Waals surface area contributed by atoms with Crippen LogP contribution in [0.4, 0.5) is 13.6 Å². The number of halogens is 2. The van der Waals surface area contributed by atoms with E-state index in [1.54, 1.807) is 20.8 Å². The fourth-order valence-electron chi connectivity index (χ4n) is 1.49. The number of nitrogens with one attached hydrogen (secondary N) is 1. The molecule has 0 aliphatic heterocycles. The molecular weight excluding hydrogens is 252 g/mol. The minimum absolute atomic E-state index is 0.261. The molecule has 3 nitrogen and oxygen atoms in total. The van der Waals surface area contributed by atoms with E-state index in [4.69, 9.17) is 4.74 Å². The highest BCUT2D eigenvalue weighted by Gasteiger charge is 2.22. The van der Waals surface area contributed by atoms with E-state index in [2.05, 4.69) is 11.9 Å². The summed E-state index contributed by atoms with van der Waals surface area (Å²) in [5.41, 5.74) is -0.952. The van der Waals surface area contributed by atoms with Crippen molar-refractivity contribution in [2.45, 2.75) is 32.4 Å². The van der Waals surface area contributed by atoms with Gasteiger partial charge in [-0.15, -0.1) is 6.58 Å². The van der Waals surface area contributed by atoms with Crippen LogP contribution in [0, 0.1) is 11.6 Å². The van der Waals surface area contributed by atoms with E-state index in [1.807, 2.05) is 0 Å². The molecule has 0 fully saturated rings. The number of carbonyl (C=O) groups is 1. The lowest BCUT2D eigenvalue weighted by Crippen LogP contribution is -2.34. The Balaban J connectivity index is 2.91. The van der Waals surface area contributed by atoms with Crippen molar-refractivity contribution in [2.75, 3.05) is 0 Å². The summed E-state index contributed by atoms with van der Waals surface area (Å²) in [6.45, 7) is 8.55. The van der Waals surface area contributed by atoms with Crippen LogP contribution in [0.2, 0.25) is 0 Å². The first-order valence-electron chi connectivity index (χ1n) is 5.80. The number of rotatable bonds is 3. The average molecular weight is 269 g/mol. The number of ether oxygens (including phenoxy) is 1. The molecule has 19 heavy (non-hydrogen) atoms. The minimum atomic E-state index is -0.990. The maximum Gasteiger partial charge on any atom is 0.408 e. The lowest BCUT2D eigenvalue weighted by atomic mass is 10.1. The second-order valence-electron chi connectivity index (χ2n) is 4.99. The number of hydrogen-bond donors (Lipinski definition) is 1. The molecule has 1 unspecified atom stereocenters. The molecule has 0 saturated heterocycles. The number of alkyl carbamates (subject to hydrolysis) is 1. The summed E-state index contributed by atoms with van der Waals surface area (Å²) >= 11 is 0. The molecule has 0 aromatic heterocycles. The van der Waals surface area contributed by atoms with Crippen LogP contribution in [-0.2, 0) is 4.74 Å². The fourth-order valence-corrected chi connectivity index (χ4v) is 1.49. The molecule has 0 aliphatic carbocycles. The van der Waals surface area contributed by atoms with E-state index in [0.717, 1.165) is 12.1 Å². The van der Waals surface area contributed by atoms with Crippen molar-refractivity contribution in [3.05, 3.63) is 48.1 Å². The standard InChI is InChI=1S/C14H17F2NO2/c1-5-11(17-13(18)19-14(2,3)4)12-9(15)7-6-8-10(12)16/h5-8,11H,1H2,2-4H3,(H,17,18). The molecule has 1 aromatic rings. The van der Waals surface area contributed by atoms with E-state index >= 15 is 0 Å². The predicted molar refractivity (Wildman–Crippen MR) is 68.7 cm³/mol. The molecule has 0 bridgehead atoms. The predicted octanol–water partition coefficient (Wildman–Crippen LogP) is 3.72. The molecule has 0 spiro atoms. The van der Waals surface area contributed by atoms with Crippen molar-refractivity contribution >= 4 is 6.09 Å². The lowest BCUT2D eigenvalue weighted by Gasteiger charge is -2.22. The van der Waals surface area contributed by atoms with Gasteiger partial charge in [-0.2, -0.15) is 0 Å². The van der Waals surface area contributed by atoms with Crippen LogP contribution in [0.5, 0.6) is 0 Å². The van der Waals surface area contributed by atoms with Crippen LogP contribution in [-0.4, -0.2) is 11.7 Å². The summed E-state index contributed by atoms with van der Waals surface area (Å²) < 4.78 is 32.2. The summed E-state index contributed by atoms with van der Waals surface area (Å²) in [6.07, 6.45) is 0.478. The quantitative estimate of drug-likeness (QED) is 0.849. The molecule has 0 aliphatic rings. The van der Waals surface area contributed by atoms with Gasteiger partial charge >= 0.3 is 6.09 Å². The maximum absolute atomic E-state index is 13.6. The number of benzene rings is 1. The lowest BCUT2D eigenvalue weighted by molar-refractivity contribution is 0.0513. The second kappa shape index (κ2) is 5.82. The molecule has 1 atom stereocenters. The van der Waals surface area contributed by atoms with Crippen LogP contribution < -0.4 is 5.32 Å². The van der Waals surface area contributed by atoms with Gasteiger partial charge in [0.1, 0.15) is 17.2 Å². The van der Waals surface area contributed by atoms with Gasteiger partial charge in [-0.1, -0.05) is 12.1 Å². The smallest absolute Gasteiger partial charge is 0.408 e. The fraction of sp³-hybridized carbons (Fsp3) is 0.357. The highest BCUT2D eigenvalue weighted by atomic mass is 19.1. The first-order chi connectivity index (χ1) is 8.74. The zero-order valence-electron chi connectivity index (χ0n) is 11.2. The maximum atomic E-state index is 13.6. The normalized spacial score (nSPS) is 12.7. The molecule has 104 valence electrons. The van der Waals surface area contributed by atoms with Crippen molar-refractivity contribution in [3.63, 3.8) is 0 Å². The summed E-state index contributed by atoms with van der Waals surface area (Å²) in [5.74, 6) is -1.50. The minimum Gasteiger partial charge on any atom is -0.444 e. The van der Waals surface area contributed by atoms with Gasteiger partial charge in [0, 0.05) is 5.56 Å². The van der Waals surface area contributed by atoms with Gasteiger partial charge in [0.15, 0.2) is 0 Å². The second-order valence-corrected chi connectivity index (χ2v) is 4.99. The molecule has 1 amide bonds. The number of amides is 1. The van der Waals surface area contributed by atoms with Crippen LogP contribution in [0.25, 0.3) is 0 Å². The molecule has 0 radical (unpaired) electrons. The van der Waals surface area contributed by atoms with E-state index < -0.39 is 29.4 Å². The van der Waals surface area contributed by atoms with E-state index in [0.29, 0.717) is 0 Å². The zero-order chi connectivity index (χ0) is 14.6. The Kier molecular flexibility index (Phi) is 4.64. The third kappa shape index (κ3) is 4.35. The van der Waals surface area contributed by atoms with Gasteiger partial charge in [-0.05, 0) is 32.9 Å². The highest BCUT2D eigenvalue weighted by Crippen LogP contribution is 2.22. The van der Waals surface area contributed by atoms with Crippen LogP contribution in [0.3, 0.4) is 0 Å². The highest BCUT2D eigenvalue weighted by molar-refractivity contribution is 5.68.